The molecule has 0 aromatic carbocycles. The van der Waals surface area contributed by atoms with E-state index in [2.05, 4.69) is 28.6 Å². The Morgan fingerprint density at radius 3 is 1.81 bits per heavy atom. The van der Waals surface area contributed by atoms with Crippen LogP contribution in [-0.2, 0) is 28.8 Å². The van der Waals surface area contributed by atoms with Crippen molar-refractivity contribution < 1.29 is 39.0 Å². The molecule has 0 aromatic heterocycles. The molecule has 182 valence electrons. The van der Waals surface area contributed by atoms with Gasteiger partial charge in [0.15, 0.2) is 0 Å². The first-order valence-corrected chi connectivity index (χ1v) is 10.3. The van der Waals surface area contributed by atoms with Crippen LogP contribution in [-0.4, -0.2) is 82.2 Å². The number of amides is 4. The number of hydrogen-bond acceptors (Lipinski definition) is 9. The van der Waals surface area contributed by atoms with Gasteiger partial charge in [-0.2, -0.15) is 12.6 Å². The van der Waals surface area contributed by atoms with Gasteiger partial charge in [0.2, 0.25) is 23.6 Å². The number of hydrogen-bond donors (Lipinski definition) is 9. The van der Waals surface area contributed by atoms with E-state index in [1.54, 1.807) is 0 Å². The Balaban J connectivity index is 5.27. The summed E-state index contributed by atoms with van der Waals surface area (Å²) in [6.07, 6.45) is -0.227. The number of nitrogens with one attached hydrogen (secondary N) is 3. The summed E-state index contributed by atoms with van der Waals surface area (Å²) in [5.74, 6) is -6.59. The van der Waals surface area contributed by atoms with Crippen molar-refractivity contribution in [3.8, 4) is 0 Å². The lowest BCUT2D eigenvalue weighted by atomic mass is 10.1. The zero-order valence-electron chi connectivity index (χ0n) is 17.3. The number of thiol groups is 1. The van der Waals surface area contributed by atoms with Crippen molar-refractivity contribution in [3.05, 3.63) is 0 Å². The average Bonchev–Trinajstić information content (AvgIpc) is 2.69. The van der Waals surface area contributed by atoms with Crippen molar-refractivity contribution in [1.82, 2.24) is 16.0 Å². The first-order valence-electron chi connectivity index (χ1n) is 9.63. The second-order valence-corrected chi connectivity index (χ2v) is 7.23. The highest BCUT2D eigenvalue weighted by Gasteiger charge is 2.30. The van der Waals surface area contributed by atoms with Crippen LogP contribution in [0.3, 0.4) is 0 Å². The molecular weight excluding hydrogens is 448 g/mol. The normalized spacial score (nSPS) is 14.3. The Hall–Kier alpha value is -2.91. The molecule has 11 N–H and O–H groups in total. The van der Waals surface area contributed by atoms with E-state index >= 15 is 0 Å². The van der Waals surface area contributed by atoms with Gasteiger partial charge >= 0.3 is 11.9 Å². The average molecular weight is 479 g/mol. The molecule has 15 heteroatoms. The van der Waals surface area contributed by atoms with E-state index < -0.39 is 72.6 Å². The molecule has 0 aliphatic carbocycles. The fourth-order valence-corrected chi connectivity index (χ4v) is 2.72. The lowest BCUT2D eigenvalue weighted by Crippen LogP contribution is -2.58. The molecule has 0 aliphatic rings. The fraction of sp³-hybridized carbons (Fsp3) is 0.647. The summed E-state index contributed by atoms with van der Waals surface area (Å²) < 4.78 is 0. The second-order valence-electron chi connectivity index (χ2n) is 6.86. The Labute approximate surface area is 189 Å². The molecule has 0 saturated carbocycles. The number of carboxylic acid groups (broad SMARTS) is 2. The van der Waals surface area contributed by atoms with Gasteiger partial charge in [0, 0.05) is 5.75 Å². The van der Waals surface area contributed by atoms with Crippen molar-refractivity contribution in [1.29, 1.82) is 0 Å². The summed E-state index contributed by atoms with van der Waals surface area (Å²) in [5, 5.41) is 24.6. The molecule has 14 nitrogen and oxygen atoms in total. The summed E-state index contributed by atoms with van der Waals surface area (Å²) in [5.41, 5.74) is 15.9. The number of carboxylic acids is 2. The minimum Gasteiger partial charge on any atom is -0.481 e. The number of rotatable bonds is 16. The van der Waals surface area contributed by atoms with Crippen LogP contribution < -0.4 is 33.2 Å². The third kappa shape index (κ3) is 11.5. The molecule has 32 heavy (non-hydrogen) atoms. The van der Waals surface area contributed by atoms with Crippen molar-refractivity contribution in [2.24, 2.45) is 17.2 Å². The number of primary amides is 1. The summed E-state index contributed by atoms with van der Waals surface area (Å²) >= 11 is 3.96. The Bertz CT molecular complexity index is 707. The highest BCUT2D eigenvalue weighted by atomic mass is 32.1. The number of nitrogens with two attached hydrogens (primary N) is 3. The number of carbonyl (C=O) groups is 6. The summed E-state index contributed by atoms with van der Waals surface area (Å²) in [4.78, 5) is 70.1. The monoisotopic (exact) mass is 478 g/mol. The highest BCUT2D eigenvalue weighted by Crippen LogP contribution is 2.04. The summed E-state index contributed by atoms with van der Waals surface area (Å²) in [7, 11) is 0. The maximum Gasteiger partial charge on any atom is 0.326 e. The zero-order chi connectivity index (χ0) is 24.8. The van der Waals surface area contributed by atoms with Crippen molar-refractivity contribution in [2.45, 2.75) is 56.3 Å². The molecule has 4 unspecified atom stereocenters. The fourth-order valence-electron chi connectivity index (χ4n) is 2.46. The van der Waals surface area contributed by atoms with Crippen LogP contribution in [0, 0.1) is 0 Å². The van der Waals surface area contributed by atoms with E-state index in [-0.39, 0.29) is 12.2 Å². The van der Waals surface area contributed by atoms with E-state index in [9.17, 15) is 28.8 Å². The molecular formula is C17H30N6O8S. The molecule has 4 amide bonds. The van der Waals surface area contributed by atoms with E-state index in [1.165, 1.54) is 0 Å². The highest BCUT2D eigenvalue weighted by molar-refractivity contribution is 7.80. The first kappa shape index (κ1) is 29.1. The standard InChI is InChI=1S/C17H30N6O8S/c18-4-2-1-3-9(21-14(27)8(19)5-13(25)26)15(28)23-11(7-32)16(29)22-10(17(30)31)6-12(20)24/h8-11,32H,1-7,18-19H2,(H2,20,24)(H,21,27)(H,22,29)(H,23,28)(H,25,26)(H,30,31). The summed E-state index contributed by atoms with van der Waals surface area (Å²) in [6.45, 7) is 0.332. The molecule has 0 saturated heterocycles. The minimum atomic E-state index is -1.60. The number of carbonyl (C=O) groups excluding carboxylic acids is 4. The number of aliphatic carboxylic acids is 2. The van der Waals surface area contributed by atoms with E-state index in [4.69, 9.17) is 27.4 Å². The molecule has 0 aliphatic heterocycles. The SMILES string of the molecule is NCCCCC(NC(=O)C(N)CC(=O)O)C(=O)NC(CS)C(=O)NC(CC(N)=O)C(=O)O. The van der Waals surface area contributed by atoms with E-state index in [0.717, 1.165) is 0 Å². The third-order valence-corrected chi connectivity index (χ3v) is 4.51. The largest absolute Gasteiger partial charge is 0.481 e. The van der Waals surface area contributed by atoms with Gasteiger partial charge in [-0.3, -0.25) is 24.0 Å². The molecule has 0 aromatic rings. The Morgan fingerprint density at radius 2 is 1.34 bits per heavy atom. The molecule has 0 fully saturated rings. The van der Waals surface area contributed by atoms with Crippen LogP contribution in [0.2, 0.25) is 0 Å². The molecule has 0 radical (unpaired) electrons. The van der Waals surface area contributed by atoms with Crippen LogP contribution in [0.1, 0.15) is 32.1 Å². The van der Waals surface area contributed by atoms with Crippen LogP contribution in [0.15, 0.2) is 0 Å². The van der Waals surface area contributed by atoms with Crippen molar-refractivity contribution in [2.75, 3.05) is 12.3 Å². The van der Waals surface area contributed by atoms with Gasteiger partial charge in [0.05, 0.1) is 18.9 Å². The van der Waals surface area contributed by atoms with Gasteiger partial charge in [0.25, 0.3) is 0 Å². The lowest BCUT2D eigenvalue weighted by Gasteiger charge is -2.24. The number of unbranched alkanes of at least 4 members (excludes halogenated alkanes) is 1. The third-order valence-electron chi connectivity index (χ3n) is 4.15. The molecule has 0 rings (SSSR count). The van der Waals surface area contributed by atoms with Crippen LogP contribution >= 0.6 is 12.6 Å². The zero-order valence-corrected chi connectivity index (χ0v) is 18.2. The van der Waals surface area contributed by atoms with Crippen LogP contribution in [0.4, 0.5) is 0 Å². The molecule has 0 heterocycles. The molecule has 4 atom stereocenters. The second kappa shape index (κ2) is 15.0. The maximum atomic E-state index is 12.7. The van der Waals surface area contributed by atoms with Gasteiger partial charge in [-0.1, -0.05) is 0 Å². The predicted molar refractivity (Wildman–Crippen MR) is 114 cm³/mol. The quantitative estimate of drug-likeness (QED) is 0.0773. The van der Waals surface area contributed by atoms with Crippen molar-refractivity contribution >= 4 is 48.2 Å². The molecule has 0 bridgehead atoms. The first-order chi connectivity index (χ1) is 14.9. The van der Waals surface area contributed by atoms with Gasteiger partial charge in [-0.25, -0.2) is 4.79 Å². The van der Waals surface area contributed by atoms with E-state index in [1.807, 2.05) is 0 Å². The van der Waals surface area contributed by atoms with Crippen LogP contribution in [0.25, 0.3) is 0 Å². The molecule has 0 spiro atoms. The Kier molecular flexibility index (Phi) is 13.6. The summed E-state index contributed by atoms with van der Waals surface area (Å²) in [6, 6.07) is -5.47. The lowest BCUT2D eigenvalue weighted by molar-refractivity contribution is -0.143. The Morgan fingerprint density at radius 1 is 0.812 bits per heavy atom. The van der Waals surface area contributed by atoms with Gasteiger partial charge in [-0.15, -0.1) is 0 Å². The van der Waals surface area contributed by atoms with Gasteiger partial charge in [-0.05, 0) is 25.8 Å². The minimum absolute atomic E-state index is 0.120. The predicted octanol–water partition coefficient (Wildman–Crippen LogP) is -3.74. The van der Waals surface area contributed by atoms with E-state index in [0.29, 0.717) is 19.4 Å². The topological polar surface area (TPSA) is 257 Å². The smallest absolute Gasteiger partial charge is 0.326 e. The van der Waals surface area contributed by atoms with Crippen LogP contribution in [0.5, 0.6) is 0 Å². The van der Waals surface area contributed by atoms with Gasteiger partial charge in [0.1, 0.15) is 18.1 Å². The maximum absolute atomic E-state index is 12.7. The van der Waals surface area contributed by atoms with Crippen molar-refractivity contribution in [3.63, 3.8) is 0 Å². The van der Waals surface area contributed by atoms with Gasteiger partial charge < -0.3 is 43.4 Å².